The molecule has 0 saturated heterocycles. The van der Waals surface area contributed by atoms with Gasteiger partial charge in [0.2, 0.25) is 5.91 Å². The topological polar surface area (TPSA) is 38.4 Å². The number of nitrogens with zero attached hydrogens (tertiary/aromatic N) is 2. The minimum Gasteiger partial charge on any atom is -0.467 e. The standard InChI is InChI=1S/C23H28N2O2/c1-18-9-11-19(12-10-18)15-24-13-5-7-20(24)16-25(22(26)23(2,3)4)17-21-8-6-14-27-21/h5-14H,15-17H2,1-4H3. The van der Waals surface area contributed by atoms with E-state index in [4.69, 9.17) is 4.42 Å². The number of carbonyl (C=O) groups excluding carboxylic acids is 1. The van der Waals surface area contributed by atoms with Crippen LogP contribution in [0.4, 0.5) is 0 Å². The second-order valence-corrected chi connectivity index (χ2v) is 8.10. The molecule has 2 heterocycles. The van der Waals surface area contributed by atoms with E-state index in [0.29, 0.717) is 13.1 Å². The fourth-order valence-corrected chi connectivity index (χ4v) is 3.10. The van der Waals surface area contributed by atoms with Crippen LogP contribution in [0.2, 0.25) is 0 Å². The van der Waals surface area contributed by atoms with Gasteiger partial charge in [0.05, 0.1) is 19.4 Å². The van der Waals surface area contributed by atoms with E-state index in [2.05, 4.69) is 48.0 Å². The van der Waals surface area contributed by atoms with Crippen molar-refractivity contribution < 1.29 is 9.21 Å². The molecule has 3 aromatic rings. The number of hydrogen-bond acceptors (Lipinski definition) is 2. The van der Waals surface area contributed by atoms with E-state index in [-0.39, 0.29) is 5.91 Å². The fraction of sp³-hybridized carbons (Fsp3) is 0.348. The molecule has 27 heavy (non-hydrogen) atoms. The summed E-state index contributed by atoms with van der Waals surface area (Å²) in [5.41, 5.74) is 3.17. The van der Waals surface area contributed by atoms with Crippen LogP contribution in [-0.4, -0.2) is 15.4 Å². The molecule has 0 aliphatic heterocycles. The van der Waals surface area contributed by atoms with Crippen LogP contribution in [-0.2, 0) is 24.4 Å². The second-order valence-electron chi connectivity index (χ2n) is 8.10. The Bertz CT molecular complexity index is 868. The van der Waals surface area contributed by atoms with Gasteiger partial charge in [0.25, 0.3) is 0 Å². The third-order valence-electron chi connectivity index (χ3n) is 4.61. The summed E-state index contributed by atoms with van der Waals surface area (Å²) in [6, 6.07) is 16.5. The second kappa shape index (κ2) is 7.87. The molecule has 4 heteroatoms. The molecule has 1 aromatic carbocycles. The Balaban J connectivity index is 1.80. The molecule has 0 radical (unpaired) electrons. The molecule has 0 fully saturated rings. The average molecular weight is 364 g/mol. The van der Waals surface area contributed by atoms with Crippen molar-refractivity contribution in [1.82, 2.24) is 9.47 Å². The number of hydrogen-bond donors (Lipinski definition) is 0. The number of aryl methyl sites for hydroxylation is 1. The zero-order chi connectivity index (χ0) is 19.4. The van der Waals surface area contributed by atoms with E-state index < -0.39 is 5.41 Å². The Morgan fingerprint density at radius 3 is 2.41 bits per heavy atom. The third-order valence-corrected chi connectivity index (χ3v) is 4.61. The van der Waals surface area contributed by atoms with Crippen LogP contribution in [0.3, 0.4) is 0 Å². The highest BCUT2D eigenvalue weighted by Gasteiger charge is 2.28. The first-order chi connectivity index (χ1) is 12.8. The normalized spacial score (nSPS) is 11.6. The lowest BCUT2D eigenvalue weighted by molar-refractivity contribution is -0.141. The molecule has 3 rings (SSSR count). The lowest BCUT2D eigenvalue weighted by Gasteiger charge is -2.29. The van der Waals surface area contributed by atoms with E-state index in [0.717, 1.165) is 18.0 Å². The van der Waals surface area contributed by atoms with Crippen LogP contribution < -0.4 is 0 Å². The van der Waals surface area contributed by atoms with Crippen molar-refractivity contribution in [3.8, 4) is 0 Å². The van der Waals surface area contributed by atoms with Crippen LogP contribution >= 0.6 is 0 Å². The molecule has 0 saturated carbocycles. The van der Waals surface area contributed by atoms with Crippen molar-refractivity contribution >= 4 is 5.91 Å². The molecule has 0 N–H and O–H groups in total. The third kappa shape index (κ3) is 4.91. The van der Waals surface area contributed by atoms with Gasteiger partial charge in [0.15, 0.2) is 0 Å². The van der Waals surface area contributed by atoms with Crippen LogP contribution in [0.15, 0.2) is 65.4 Å². The zero-order valence-corrected chi connectivity index (χ0v) is 16.6. The first-order valence-corrected chi connectivity index (χ1v) is 9.34. The van der Waals surface area contributed by atoms with Crippen molar-refractivity contribution in [2.24, 2.45) is 5.41 Å². The smallest absolute Gasteiger partial charge is 0.228 e. The lowest BCUT2D eigenvalue weighted by Crippen LogP contribution is -2.39. The van der Waals surface area contributed by atoms with Gasteiger partial charge in [0.1, 0.15) is 5.76 Å². The first-order valence-electron chi connectivity index (χ1n) is 9.34. The van der Waals surface area contributed by atoms with Crippen molar-refractivity contribution in [3.63, 3.8) is 0 Å². The van der Waals surface area contributed by atoms with E-state index in [1.807, 2.05) is 43.9 Å². The Hall–Kier alpha value is -2.75. The highest BCUT2D eigenvalue weighted by Crippen LogP contribution is 2.22. The Labute approximate surface area is 161 Å². The summed E-state index contributed by atoms with van der Waals surface area (Å²) in [6.07, 6.45) is 3.72. The molecule has 0 aliphatic carbocycles. The molecule has 0 spiro atoms. The molecule has 142 valence electrons. The molecule has 0 unspecified atom stereocenters. The molecule has 4 nitrogen and oxygen atoms in total. The van der Waals surface area contributed by atoms with Gasteiger partial charge >= 0.3 is 0 Å². The van der Waals surface area contributed by atoms with Gasteiger partial charge in [-0.3, -0.25) is 4.79 Å². The van der Waals surface area contributed by atoms with Crippen molar-refractivity contribution in [2.75, 3.05) is 0 Å². The van der Waals surface area contributed by atoms with Gasteiger partial charge in [-0.05, 0) is 36.8 Å². The van der Waals surface area contributed by atoms with Crippen molar-refractivity contribution in [1.29, 1.82) is 0 Å². The highest BCUT2D eigenvalue weighted by molar-refractivity contribution is 5.81. The summed E-state index contributed by atoms with van der Waals surface area (Å²) < 4.78 is 7.69. The zero-order valence-electron chi connectivity index (χ0n) is 16.6. The minimum atomic E-state index is -0.443. The quantitative estimate of drug-likeness (QED) is 0.616. The Kier molecular flexibility index (Phi) is 5.54. The molecule has 0 bridgehead atoms. The van der Waals surface area contributed by atoms with E-state index >= 15 is 0 Å². The maximum absolute atomic E-state index is 13.0. The number of aromatic nitrogens is 1. The first kappa shape index (κ1) is 19.0. The summed E-state index contributed by atoms with van der Waals surface area (Å²) >= 11 is 0. The molecule has 1 amide bonds. The minimum absolute atomic E-state index is 0.113. The lowest BCUT2D eigenvalue weighted by atomic mass is 9.94. The number of furan rings is 1. The van der Waals surface area contributed by atoms with E-state index in [1.165, 1.54) is 11.1 Å². The van der Waals surface area contributed by atoms with Crippen LogP contribution in [0.25, 0.3) is 0 Å². The summed E-state index contributed by atoms with van der Waals surface area (Å²) in [4.78, 5) is 14.9. The molecule has 2 aromatic heterocycles. The van der Waals surface area contributed by atoms with Crippen LogP contribution in [0.1, 0.15) is 43.4 Å². The maximum atomic E-state index is 13.0. The SMILES string of the molecule is Cc1ccc(Cn2cccc2CN(Cc2ccco2)C(=O)C(C)(C)C)cc1. The van der Waals surface area contributed by atoms with Gasteiger partial charge in [-0.1, -0.05) is 50.6 Å². The van der Waals surface area contributed by atoms with Crippen molar-refractivity contribution in [2.45, 2.75) is 47.3 Å². The van der Waals surface area contributed by atoms with Crippen molar-refractivity contribution in [3.05, 3.63) is 83.6 Å². The summed E-state index contributed by atoms with van der Waals surface area (Å²) in [6.45, 7) is 9.77. The average Bonchev–Trinajstić information content (AvgIpc) is 3.27. The summed E-state index contributed by atoms with van der Waals surface area (Å²) in [7, 11) is 0. The predicted molar refractivity (Wildman–Crippen MR) is 107 cm³/mol. The van der Waals surface area contributed by atoms with Crippen LogP contribution in [0, 0.1) is 12.3 Å². The number of amides is 1. The van der Waals surface area contributed by atoms with E-state index in [1.54, 1.807) is 6.26 Å². The monoisotopic (exact) mass is 364 g/mol. The molecular formula is C23H28N2O2. The van der Waals surface area contributed by atoms with Gasteiger partial charge in [0, 0.05) is 23.9 Å². The summed E-state index contributed by atoms with van der Waals surface area (Å²) in [5.74, 6) is 0.909. The summed E-state index contributed by atoms with van der Waals surface area (Å²) in [5, 5.41) is 0. The Morgan fingerprint density at radius 1 is 1.04 bits per heavy atom. The largest absolute Gasteiger partial charge is 0.467 e. The van der Waals surface area contributed by atoms with Crippen LogP contribution in [0.5, 0.6) is 0 Å². The van der Waals surface area contributed by atoms with Gasteiger partial charge in [-0.25, -0.2) is 0 Å². The number of carbonyl (C=O) groups is 1. The van der Waals surface area contributed by atoms with Gasteiger partial charge in [-0.15, -0.1) is 0 Å². The predicted octanol–water partition coefficient (Wildman–Crippen LogP) is 5.01. The molecule has 0 aliphatic rings. The van der Waals surface area contributed by atoms with E-state index in [9.17, 15) is 4.79 Å². The van der Waals surface area contributed by atoms with Gasteiger partial charge in [-0.2, -0.15) is 0 Å². The highest BCUT2D eigenvalue weighted by atomic mass is 16.3. The maximum Gasteiger partial charge on any atom is 0.228 e. The fourth-order valence-electron chi connectivity index (χ4n) is 3.10. The number of rotatable bonds is 6. The Morgan fingerprint density at radius 2 is 1.78 bits per heavy atom. The number of benzene rings is 1. The molecular weight excluding hydrogens is 336 g/mol. The van der Waals surface area contributed by atoms with Gasteiger partial charge < -0.3 is 13.9 Å². The molecule has 0 atom stereocenters.